The highest BCUT2D eigenvalue weighted by Crippen LogP contribution is 2.37. The number of amides is 1. The summed E-state index contributed by atoms with van der Waals surface area (Å²) in [6, 6.07) is 7.81. The number of hydrogen-bond donors (Lipinski definition) is 1. The summed E-state index contributed by atoms with van der Waals surface area (Å²) in [5, 5.41) is 3.30. The number of carbonyl (C=O) groups is 1. The first kappa shape index (κ1) is 15.4. The summed E-state index contributed by atoms with van der Waals surface area (Å²) in [4.78, 5) is 19.5. The highest BCUT2D eigenvalue weighted by molar-refractivity contribution is 5.94. The second-order valence-corrected chi connectivity index (χ2v) is 7.27. The van der Waals surface area contributed by atoms with Crippen LogP contribution in [0.2, 0.25) is 0 Å². The smallest absolute Gasteiger partial charge is 0.269 e. The number of nitrogens with one attached hydrogen (secondary N) is 1. The maximum Gasteiger partial charge on any atom is 0.269 e. The van der Waals surface area contributed by atoms with E-state index < -0.39 is 0 Å². The van der Waals surface area contributed by atoms with Crippen molar-refractivity contribution >= 4 is 5.91 Å². The Kier molecular flexibility index (Phi) is 3.68. The number of rotatable bonds is 3. The Morgan fingerprint density at radius 3 is 2.71 bits per heavy atom. The molecule has 2 bridgehead atoms. The first-order chi connectivity index (χ1) is 11.6. The van der Waals surface area contributed by atoms with Crippen molar-refractivity contribution < 1.29 is 4.79 Å². The Balaban J connectivity index is 1.56. The van der Waals surface area contributed by atoms with Gasteiger partial charge in [-0.1, -0.05) is 0 Å². The van der Waals surface area contributed by atoms with Crippen molar-refractivity contribution in [3.05, 3.63) is 42.4 Å². The molecule has 0 aliphatic carbocycles. The van der Waals surface area contributed by atoms with E-state index in [0.29, 0.717) is 5.69 Å². The van der Waals surface area contributed by atoms with Gasteiger partial charge in [-0.2, -0.15) is 0 Å². The van der Waals surface area contributed by atoms with E-state index in [1.165, 1.54) is 12.8 Å². The molecule has 3 fully saturated rings. The molecule has 5 heterocycles. The van der Waals surface area contributed by atoms with Gasteiger partial charge in [0.2, 0.25) is 0 Å². The van der Waals surface area contributed by atoms with Crippen LogP contribution in [-0.4, -0.2) is 39.1 Å². The average Bonchev–Trinajstić information content (AvgIpc) is 2.98. The molecule has 1 atom stereocenters. The van der Waals surface area contributed by atoms with E-state index in [2.05, 4.69) is 22.1 Å². The van der Waals surface area contributed by atoms with Gasteiger partial charge in [0.05, 0.1) is 5.66 Å². The van der Waals surface area contributed by atoms with E-state index >= 15 is 0 Å². The van der Waals surface area contributed by atoms with Crippen molar-refractivity contribution in [2.45, 2.75) is 31.8 Å². The van der Waals surface area contributed by atoms with Gasteiger partial charge in [-0.25, -0.2) is 0 Å². The zero-order valence-corrected chi connectivity index (χ0v) is 14.3. The zero-order chi connectivity index (χ0) is 16.7. The van der Waals surface area contributed by atoms with E-state index in [1.807, 2.05) is 42.1 Å². The minimum Gasteiger partial charge on any atom is -0.340 e. The van der Waals surface area contributed by atoms with Gasteiger partial charge in [-0.15, -0.1) is 0 Å². The number of pyridine rings is 1. The van der Waals surface area contributed by atoms with Crippen LogP contribution in [0.3, 0.4) is 0 Å². The van der Waals surface area contributed by atoms with E-state index in [9.17, 15) is 4.79 Å². The second-order valence-electron chi connectivity index (χ2n) is 7.27. The lowest BCUT2D eigenvalue weighted by molar-refractivity contribution is -0.0348. The molecule has 3 aliphatic heterocycles. The molecule has 5 heteroatoms. The molecular weight excluding hydrogens is 300 g/mol. The minimum atomic E-state index is -0.211. The van der Waals surface area contributed by atoms with Crippen LogP contribution < -0.4 is 5.32 Å². The number of nitrogens with zero attached hydrogens (tertiary/aromatic N) is 3. The fourth-order valence-electron chi connectivity index (χ4n) is 4.30. The number of carbonyl (C=O) groups excluding carboxylic acids is 1. The lowest BCUT2D eigenvalue weighted by atomic mass is 9.80. The van der Waals surface area contributed by atoms with Gasteiger partial charge < -0.3 is 9.88 Å². The first-order valence-electron chi connectivity index (χ1n) is 8.70. The largest absolute Gasteiger partial charge is 0.340 e. The highest BCUT2D eigenvalue weighted by Gasteiger charge is 2.43. The van der Waals surface area contributed by atoms with Crippen molar-refractivity contribution in [1.29, 1.82) is 0 Å². The maximum atomic E-state index is 12.9. The molecular formula is C19H24N4O. The molecule has 1 amide bonds. The highest BCUT2D eigenvalue weighted by atomic mass is 16.2. The van der Waals surface area contributed by atoms with Crippen molar-refractivity contribution in [1.82, 2.24) is 19.8 Å². The summed E-state index contributed by atoms with van der Waals surface area (Å²) in [6.07, 6.45) is 7.16. The van der Waals surface area contributed by atoms with Gasteiger partial charge in [0, 0.05) is 43.8 Å². The van der Waals surface area contributed by atoms with Crippen LogP contribution in [0.4, 0.5) is 0 Å². The SMILES string of the molecule is Cn1c(C(=O)N[C@]2(C)CC3CCN2CC3)ccc1-c1cccnc1. The average molecular weight is 324 g/mol. The Bertz CT molecular complexity index is 746. The molecule has 2 aromatic heterocycles. The number of aromatic nitrogens is 2. The standard InChI is InChI=1S/C19H24N4O/c1-19(12-14-7-10-23(19)11-8-14)21-18(24)17-6-5-16(22(17)2)15-4-3-9-20-13-15/h3-6,9,13-14H,7-8,10-12H2,1-2H3,(H,21,24)/t19-/m0/s1. The predicted octanol–water partition coefficient (Wildman–Crippen LogP) is 2.65. The Morgan fingerprint density at radius 2 is 2.08 bits per heavy atom. The molecule has 0 saturated carbocycles. The summed E-state index contributed by atoms with van der Waals surface area (Å²) in [5.41, 5.74) is 2.50. The molecule has 1 N–H and O–H groups in total. The van der Waals surface area contributed by atoms with E-state index in [1.54, 1.807) is 6.20 Å². The normalized spacial score (nSPS) is 28.8. The number of piperidine rings is 3. The van der Waals surface area contributed by atoms with Crippen LogP contribution in [-0.2, 0) is 7.05 Å². The third-order valence-electron chi connectivity index (χ3n) is 5.69. The summed E-state index contributed by atoms with van der Waals surface area (Å²) in [6.45, 7) is 4.35. The van der Waals surface area contributed by atoms with Gasteiger partial charge >= 0.3 is 0 Å². The van der Waals surface area contributed by atoms with Gasteiger partial charge in [-0.05, 0) is 56.4 Å². The maximum absolute atomic E-state index is 12.9. The van der Waals surface area contributed by atoms with Crippen LogP contribution in [0.25, 0.3) is 11.3 Å². The third-order valence-corrected chi connectivity index (χ3v) is 5.69. The fraction of sp³-hybridized carbons (Fsp3) is 0.474. The molecule has 0 aromatic carbocycles. The van der Waals surface area contributed by atoms with Crippen LogP contribution >= 0.6 is 0 Å². The monoisotopic (exact) mass is 324 g/mol. The Hall–Kier alpha value is -2.14. The van der Waals surface area contributed by atoms with Gasteiger partial charge in [0.15, 0.2) is 0 Å². The van der Waals surface area contributed by atoms with Crippen molar-refractivity contribution in [3.63, 3.8) is 0 Å². The second kappa shape index (κ2) is 5.74. The van der Waals surface area contributed by atoms with Gasteiger partial charge in [-0.3, -0.25) is 14.7 Å². The van der Waals surface area contributed by atoms with Crippen molar-refractivity contribution in [2.24, 2.45) is 13.0 Å². The Labute approximate surface area is 142 Å². The molecule has 3 aliphatic rings. The molecule has 126 valence electrons. The molecule has 0 unspecified atom stereocenters. The molecule has 3 saturated heterocycles. The lowest BCUT2D eigenvalue weighted by Gasteiger charge is -2.52. The summed E-state index contributed by atoms with van der Waals surface area (Å²) in [7, 11) is 1.94. The quantitative estimate of drug-likeness (QED) is 0.944. The minimum absolute atomic E-state index is 0.00249. The van der Waals surface area contributed by atoms with E-state index in [-0.39, 0.29) is 11.6 Å². The Morgan fingerprint density at radius 1 is 1.29 bits per heavy atom. The first-order valence-corrected chi connectivity index (χ1v) is 8.70. The molecule has 5 nitrogen and oxygen atoms in total. The molecule has 5 rings (SSSR count). The van der Waals surface area contributed by atoms with E-state index in [0.717, 1.165) is 36.7 Å². The lowest BCUT2D eigenvalue weighted by Crippen LogP contribution is -2.65. The van der Waals surface area contributed by atoms with Crippen LogP contribution in [0, 0.1) is 5.92 Å². The van der Waals surface area contributed by atoms with E-state index in [4.69, 9.17) is 0 Å². The van der Waals surface area contributed by atoms with Crippen molar-refractivity contribution in [2.75, 3.05) is 13.1 Å². The topological polar surface area (TPSA) is 50.2 Å². The van der Waals surface area contributed by atoms with Gasteiger partial charge in [0.1, 0.15) is 5.69 Å². The summed E-state index contributed by atoms with van der Waals surface area (Å²) >= 11 is 0. The summed E-state index contributed by atoms with van der Waals surface area (Å²) in [5.74, 6) is 0.752. The number of fused-ring (bicyclic) bond motifs is 3. The van der Waals surface area contributed by atoms with Crippen LogP contribution in [0.5, 0.6) is 0 Å². The van der Waals surface area contributed by atoms with Crippen LogP contribution in [0.1, 0.15) is 36.7 Å². The molecule has 2 aromatic rings. The predicted molar refractivity (Wildman–Crippen MR) is 93.4 cm³/mol. The third kappa shape index (κ3) is 2.53. The zero-order valence-electron chi connectivity index (χ0n) is 14.3. The van der Waals surface area contributed by atoms with Crippen molar-refractivity contribution in [3.8, 4) is 11.3 Å². The molecule has 0 radical (unpaired) electrons. The number of hydrogen-bond acceptors (Lipinski definition) is 3. The molecule has 24 heavy (non-hydrogen) atoms. The van der Waals surface area contributed by atoms with Gasteiger partial charge in [0.25, 0.3) is 5.91 Å². The fourth-order valence-corrected chi connectivity index (χ4v) is 4.30. The molecule has 0 spiro atoms. The van der Waals surface area contributed by atoms with Crippen LogP contribution in [0.15, 0.2) is 36.7 Å². The summed E-state index contributed by atoms with van der Waals surface area (Å²) < 4.78 is 1.95.